The number of ether oxygens (including phenoxy) is 4. The van der Waals surface area contributed by atoms with Gasteiger partial charge in [-0.25, -0.2) is 9.48 Å². The molecule has 14 nitrogen and oxygen atoms in total. The van der Waals surface area contributed by atoms with Crippen molar-refractivity contribution in [1.82, 2.24) is 34.8 Å². The maximum absolute atomic E-state index is 13.7. The van der Waals surface area contributed by atoms with Gasteiger partial charge in [0.25, 0.3) is 17.6 Å². The van der Waals surface area contributed by atoms with Gasteiger partial charge in [0, 0.05) is 35.8 Å². The molecule has 0 unspecified atom stereocenters. The highest BCUT2D eigenvalue weighted by Gasteiger charge is 2.31. The normalized spacial score (nSPS) is 11.1. The molecule has 0 saturated heterocycles. The molecule has 0 fully saturated rings. The maximum Gasteiger partial charge on any atom is 0.378 e. The SMILES string of the molecule is CCOC(=O)c1oc(-c2c(OCc3ccccc3)c(C)nn2CC)nc1-n1nc(C(=O)NCc2ccc(OC)cc2OC)c2cc(C)ncc21. The van der Waals surface area contributed by atoms with Gasteiger partial charge < -0.3 is 28.7 Å². The molecule has 258 valence electrons. The van der Waals surface area contributed by atoms with Crippen LogP contribution in [0.1, 0.15) is 57.4 Å². The van der Waals surface area contributed by atoms with Crippen LogP contribution < -0.4 is 19.5 Å². The number of amides is 1. The minimum atomic E-state index is -0.756. The van der Waals surface area contributed by atoms with Crippen molar-refractivity contribution in [1.29, 1.82) is 0 Å². The molecular weight excluding hydrogens is 642 g/mol. The number of methoxy groups -OCH3 is 2. The molecule has 4 heterocycles. The molecular formula is C36H37N7O7. The fourth-order valence-corrected chi connectivity index (χ4v) is 5.50. The number of hydrogen-bond donors (Lipinski definition) is 1. The molecule has 0 bridgehead atoms. The number of rotatable bonds is 13. The number of oxazole rings is 1. The Bertz CT molecular complexity index is 2170. The zero-order valence-corrected chi connectivity index (χ0v) is 28.6. The summed E-state index contributed by atoms with van der Waals surface area (Å²) in [6, 6.07) is 16.8. The van der Waals surface area contributed by atoms with E-state index in [-0.39, 0.29) is 42.9 Å². The fourth-order valence-electron chi connectivity index (χ4n) is 5.50. The Morgan fingerprint density at radius 3 is 2.50 bits per heavy atom. The second kappa shape index (κ2) is 14.5. The number of nitrogens with one attached hydrogen (secondary N) is 1. The lowest BCUT2D eigenvalue weighted by Crippen LogP contribution is -2.24. The number of benzene rings is 2. The Morgan fingerprint density at radius 2 is 1.78 bits per heavy atom. The average Bonchev–Trinajstić information content (AvgIpc) is 3.82. The molecule has 0 aliphatic heterocycles. The number of pyridine rings is 1. The predicted octanol–water partition coefficient (Wildman–Crippen LogP) is 5.61. The Balaban J connectivity index is 1.43. The van der Waals surface area contributed by atoms with Crippen molar-refractivity contribution in [3.05, 3.63) is 94.8 Å². The first-order valence-corrected chi connectivity index (χ1v) is 16.0. The quantitative estimate of drug-likeness (QED) is 0.151. The van der Waals surface area contributed by atoms with Gasteiger partial charge in [-0.15, -0.1) is 0 Å². The van der Waals surface area contributed by atoms with Gasteiger partial charge in [0.05, 0.1) is 32.5 Å². The molecule has 0 spiro atoms. The Kier molecular flexibility index (Phi) is 9.79. The molecule has 50 heavy (non-hydrogen) atoms. The molecule has 14 heteroatoms. The van der Waals surface area contributed by atoms with E-state index in [1.807, 2.05) is 57.2 Å². The second-order valence-corrected chi connectivity index (χ2v) is 11.2. The lowest BCUT2D eigenvalue weighted by molar-refractivity contribution is 0.0490. The lowest BCUT2D eigenvalue weighted by atomic mass is 10.1. The highest BCUT2D eigenvalue weighted by molar-refractivity contribution is 6.05. The van der Waals surface area contributed by atoms with E-state index in [1.54, 1.807) is 50.2 Å². The van der Waals surface area contributed by atoms with Crippen LogP contribution in [0.4, 0.5) is 0 Å². The van der Waals surface area contributed by atoms with Crippen LogP contribution in [0.25, 0.3) is 28.3 Å². The van der Waals surface area contributed by atoms with E-state index in [4.69, 9.17) is 28.3 Å². The zero-order valence-electron chi connectivity index (χ0n) is 28.6. The van der Waals surface area contributed by atoms with Crippen LogP contribution in [0, 0.1) is 13.8 Å². The number of fused-ring (bicyclic) bond motifs is 1. The summed E-state index contributed by atoms with van der Waals surface area (Å²) >= 11 is 0. The molecule has 2 aromatic carbocycles. The fraction of sp³-hybridized carbons (Fsp3) is 0.278. The predicted molar refractivity (Wildman–Crippen MR) is 183 cm³/mol. The molecule has 4 aromatic heterocycles. The smallest absolute Gasteiger partial charge is 0.378 e. The zero-order chi connectivity index (χ0) is 35.4. The van der Waals surface area contributed by atoms with Crippen LogP contribution in [0.15, 0.2) is 65.2 Å². The van der Waals surface area contributed by atoms with Crippen molar-refractivity contribution in [3.63, 3.8) is 0 Å². The van der Waals surface area contributed by atoms with Crippen LogP contribution in [0.2, 0.25) is 0 Å². The molecule has 0 saturated carbocycles. The van der Waals surface area contributed by atoms with Crippen molar-refractivity contribution in [3.8, 4) is 34.7 Å². The van der Waals surface area contributed by atoms with Crippen LogP contribution >= 0.6 is 0 Å². The van der Waals surface area contributed by atoms with Gasteiger partial charge in [-0.2, -0.15) is 15.2 Å². The van der Waals surface area contributed by atoms with E-state index in [0.717, 1.165) is 11.1 Å². The monoisotopic (exact) mass is 679 g/mol. The van der Waals surface area contributed by atoms with Crippen molar-refractivity contribution in [2.24, 2.45) is 0 Å². The van der Waals surface area contributed by atoms with Gasteiger partial charge in [0.2, 0.25) is 5.82 Å². The summed E-state index contributed by atoms with van der Waals surface area (Å²) in [5.41, 5.74) is 3.94. The van der Waals surface area contributed by atoms with Gasteiger partial charge in [-0.1, -0.05) is 30.3 Å². The molecule has 0 aliphatic carbocycles. The molecule has 6 rings (SSSR count). The number of nitrogens with zero attached hydrogens (tertiary/aromatic N) is 6. The van der Waals surface area contributed by atoms with Crippen LogP contribution in [0.3, 0.4) is 0 Å². The number of esters is 1. The topological polar surface area (TPSA) is 158 Å². The van der Waals surface area contributed by atoms with E-state index < -0.39 is 11.9 Å². The van der Waals surface area contributed by atoms with Gasteiger partial charge in [0.15, 0.2) is 17.1 Å². The van der Waals surface area contributed by atoms with Crippen LogP contribution in [-0.2, 0) is 24.4 Å². The van der Waals surface area contributed by atoms with E-state index >= 15 is 0 Å². The summed E-state index contributed by atoms with van der Waals surface area (Å²) in [6.45, 7) is 8.24. The van der Waals surface area contributed by atoms with Gasteiger partial charge in [-0.3, -0.25) is 14.5 Å². The summed E-state index contributed by atoms with van der Waals surface area (Å²) in [5, 5.41) is 12.7. The number of carbonyl (C=O) groups is 2. The Morgan fingerprint density at radius 1 is 0.980 bits per heavy atom. The third-order valence-electron chi connectivity index (χ3n) is 7.92. The van der Waals surface area contributed by atoms with E-state index in [2.05, 4.69) is 20.5 Å². The highest BCUT2D eigenvalue weighted by atomic mass is 16.5. The highest BCUT2D eigenvalue weighted by Crippen LogP contribution is 2.36. The Labute approximate surface area is 287 Å². The minimum Gasteiger partial charge on any atom is -0.497 e. The Hall–Kier alpha value is -6.18. The lowest BCUT2D eigenvalue weighted by Gasteiger charge is -2.11. The molecule has 0 radical (unpaired) electrons. The van der Waals surface area contributed by atoms with E-state index in [9.17, 15) is 9.59 Å². The third kappa shape index (κ3) is 6.59. The molecule has 0 aliphatic rings. The van der Waals surface area contributed by atoms with Crippen LogP contribution in [-0.4, -0.2) is 62.2 Å². The molecule has 6 aromatic rings. The second-order valence-electron chi connectivity index (χ2n) is 11.2. The first-order chi connectivity index (χ1) is 24.3. The average molecular weight is 680 g/mol. The first kappa shape index (κ1) is 33.7. The van der Waals surface area contributed by atoms with Crippen LogP contribution in [0.5, 0.6) is 17.2 Å². The summed E-state index contributed by atoms with van der Waals surface area (Å²) in [6.07, 6.45) is 1.57. The molecule has 1 N–H and O–H groups in total. The van der Waals surface area contributed by atoms with Crippen molar-refractivity contribution >= 4 is 22.8 Å². The maximum atomic E-state index is 13.7. The van der Waals surface area contributed by atoms with E-state index in [0.29, 0.717) is 51.8 Å². The molecule has 0 atom stereocenters. The number of carbonyl (C=O) groups excluding carboxylic acids is 2. The van der Waals surface area contributed by atoms with Crippen molar-refractivity contribution < 1.29 is 33.0 Å². The summed E-state index contributed by atoms with van der Waals surface area (Å²) < 4.78 is 31.7. The number of aromatic nitrogens is 6. The minimum absolute atomic E-state index is 0.0143. The largest absolute Gasteiger partial charge is 0.497 e. The summed E-state index contributed by atoms with van der Waals surface area (Å²) in [5.74, 6) is 0.288. The van der Waals surface area contributed by atoms with E-state index in [1.165, 1.54) is 4.68 Å². The standard InChI is InChI=1S/C36H37N7O7/c1-7-42-30(31(22(4)40-42)49-20-23-12-10-9-11-13-23)35-39-33(32(50-35)36(45)48-8-2)43-27-19-37-21(3)16-26(27)29(41-43)34(44)38-18-24-14-15-25(46-5)17-28(24)47-6/h9-17,19H,7-8,18,20H2,1-6H3,(H,38,44). The number of aryl methyl sites for hydroxylation is 3. The van der Waals surface area contributed by atoms with Gasteiger partial charge in [-0.05, 0) is 51.5 Å². The summed E-state index contributed by atoms with van der Waals surface area (Å²) in [7, 11) is 3.11. The third-order valence-corrected chi connectivity index (χ3v) is 7.92. The van der Waals surface area contributed by atoms with Crippen molar-refractivity contribution in [2.75, 3.05) is 20.8 Å². The molecule has 1 amide bonds. The van der Waals surface area contributed by atoms with Gasteiger partial charge in [0.1, 0.15) is 23.8 Å². The number of hydrogen-bond acceptors (Lipinski definition) is 11. The summed E-state index contributed by atoms with van der Waals surface area (Å²) in [4.78, 5) is 36.3. The first-order valence-electron chi connectivity index (χ1n) is 16.0. The van der Waals surface area contributed by atoms with Crippen molar-refractivity contribution in [2.45, 2.75) is 47.4 Å². The van der Waals surface area contributed by atoms with Gasteiger partial charge >= 0.3 is 5.97 Å².